The molecule has 0 spiro atoms. The molecule has 1 amide bonds. The molecule has 8 heteroatoms. The summed E-state index contributed by atoms with van der Waals surface area (Å²) in [4.78, 5) is 18.4. The Hall–Kier alpha value is -1.22. The maximum absolute atomic E-state index is 11.9. The lowest BCUT2D eigenvalue weighted by Gasteiger charge is -2.23. The predicted octanol–water partition coefficient (Wildman–Crippen LogP) is 3.63. The molecule has 26 heavy (non-hydrogen) atoms. The van der Waals surface area contributed by atoms with Crippen molar-refractivity contribution in [1.29, 1.82) is 0 Å². The summed E-state index contributed by atoms with van der Waals surface area (Å²) < 4.78 is 5.31. The molecule has 146 valence electrons. The van der Waals surface area contributed by atoms with E-state index >= 15 is 0 Å². The molecular formula is C18H28ClIN4O2. The lowest BCUT2D eigenvalue weighted by atomic mass is 10.2. The fourth-order valence-electron chi connectivity index (χ4n) is 2.69. The van der Waals surface area contributed by atoms with Gasteiger partial charge >= 0.3 is 6.09 Å². The fourth-order valence-corrected chi connectivity index (χ4v) is 2.90. The third-order valence-corrected chi connectivity index (χ3v) is 4.18. The minimum absolute atomic E-state index is 0. The average Bonchev–Trinajstić information content (AvgIpc) is 2.96. The van der Waals surface area contributed by atoms with Crippen molar-refractivity contribution in [1.82, 2.24) is 15.5 Å². The molecule has 1 aromatic rings. The normalized spacial score (nSPS) is 17.5. The van der Waals surface area contributed by atoms with Crippen LogP contribution in [0, 0.1) is 0 Å². The zero-order chi connectivity index (χ0) is 18.4. The van der Waals surface area contributed by atoms with Gasteiger partial charge in [-0.1, -0.05) is 29.8 Å². The van der Waals surface area contributed by atoms with E-state index in [1.807, 2.05) is 45.0 Å². The van der Waals surface area contributed by atoms with Crippen molar-refractivity contribution in [3.8, 4) is 0 Å². The van der Waals surface area contributed by atoms with Crippen molar-refractivity contribution in [2.24, 2.45) is 4.99 Å². The summed E-state index contributed by atoms with van der Waals surface area (Å²) in [6, 6.07) is 7.78. The lowest BCUT2D eigenvalue weighted by Crippen LogP contribution is -2.44. The van der Waals surface area contributed by atoms with Gasteiger partial charge in [-0.05, 0) is 38.8 Å². The standard InChI is InChI=1S/C18H27ClN4O2.HI/c1-18(2,3)25-17(24)22-14-9-10-23(12-14)16(20-4)21-11-13-7-5-6-8-15(13)19;/h5-8,14H,9-12H2,1-4H3,(H,20,21)(H,22,24);1H. The number of nitrogens with zero attached hydrogens (tertiary/aromatic N) is 2. The Kier molecular flexibility index (Phi) is 8.95. The summed E-state index contributed by atoms with van der Waals surface area (Å²) >= 11 is 6.19. The molecule has 1 atom stereocenters. The Balaban J connectivity index is 0.00000338. The molecule has 1 fully saturated rings. The number of ether oxygens (including phenoxy) is 1. The number of benzene rings is 1. The van der Waals surface area contributed by atoms with Crippen LogP contribution in [0.3, 0.4) is 0 Å². The molecule has 1 aliphatic rings. The minimum atomic E-state index is -0.491. The Morgan fingerprint density at radius 2 is 2.08 bits per heavy atom. The number of rotatable bonds is 3. The average molecular weight is 495 g/mol. The number of hydrogen-bond donors (Lipinski definition) is 2. The summed E-state index contributed by atoms with van der Waals surface area (Å²) in [6.45, 7) is 7.69. The molecule has 0 aliphatic carbocycles. The highest BCUT2D eigenvalue weighted by Crippen LogP contribution is 2.15. The zero-order valence-corrected chi connectivity index (χ0v) is 18.8. The smallest absolute Gasteiger partial charge is 0.407 e. The summed E-state index contributed by atoms with van der Waals surface area (Å²) in [5, 5.41) is 6.98. The zero-order valence-electron chi connectivity index (χ0n) is 15.7. The van der Waals surface area contributed by atoms with E-state index in [-0.39, 0.29) is 36.1 Å². The maximum atomic E-state index is 11.9. The van der Waals surface area contributed by atoms with E-state index < -0.39 is 5.60 Å². The number of amides is 1. The molecule has 0 aromatic heterocycles. The topological polar surface area (TPSA) is 66.0 Å². The van der Waals surface area contributed by atoms with Crippen LogP contribution in [-0.4, -0.2) is 48.7 Å². The first kappa shape index (κ1) is 22.8. The Morgan fingerprint density at radius 3 is 2.69 bits per heavy atom. The van der Waals surface area contributed by atoms with E-state index in [1.165, 1.54) is 0 Å². The molecule has 0 radical (unpaired) electrons. The highest BCUT2D eigenvalue weighted by Gasteiger charge is 2.27. The van der Waals surface area contributed by atoms with Crippen molar-refractivity contribution < 1.29 is 9.53 Å². The quantitative estimate of drug-likeness (QED) is 0.383. The van der Waals surface area contributed by atoms with Crippen molar-refractivity contribution in [3.05, 3.63) is 34.9 Å². The Labute approximate surface area is 177 Å². The highest BCUT2D eigenvalue weighted by atomic mass is 127. The third kappa shape index (κ3) is 7.19. The molecule has 1 heterocycles. The van der Waals surface area contributed by atoms with Gasteiger partial charge in [-0.15, -0.1) is 24.0 Å². The number of carbonyl (C=O) groups is 1. The van der Waals surface area contributed by atoms with Crippen LogP contribution in [0.5, 0.6) is 0 Å². The molecule has 2 rings (SSSR count). The number of hydrogen-bond acceptors (Lipinski definition) is 3. The number of aliphatic imine (C=N–C) groups is 1. The second-order valence-electron chi connectivity index (χ2n) is 7.07. The van der Waals surface area contributed by atoms with E-state index in [2.05, 4.69) is 20.5 Å². The van der Waals surface area contributed by atoms with Crippen LogP contribution in [0.15, 0.2) is 29.3 Å². The van der Waals surface area contributed by atoms with Gasteiger partial charge in [0.25, 0.3) is 0 Å². The van der Waals surface area contributed by atoms with Crippen LogP contribution >= 0.6 is 35.6 Å². The number of carbonyl (C=O) groups excluding carboxylic acids is 1. The van der Waals surface area contributed by atoms with Crippen LogP contribution in [0.25, 0.3) is 0 Å². The molecule has 6 nitrogen and oxygen atoms in total. The third-order valence-electron chi connectivity index (χ3n) is 3.82. The Morgan fingerprint density at radius 1 is 1.38 bits per heavy atom. The molecule has 0 bridgehead atoms. The number of halogens is 2. The van der Waals surface area contributed by atoms with E-state index in [4.69, 9.17) is 16.3 Å². The molecule has 1 aromatic carbocycles. The molecule has 0 saturated carbocycles. The second-order valence-corrected chi connectivity index (χ2v) is 7.48. The van der Waals surface area contributed by atoms with Gasteiger partial charge in [0.2, 0.25) is 0 Å². The highest BCUT2D eigenvalue weighted by molar-refractivity contribution is 14.0. The first-order valence-electron chi connectivity index (χ1n) is 8.47. The first-order valence-corrected chi connectivity index (χ1v) is 8.85. The minimum Gasteiger partial charge on any atom is -0.444 e. The number of guanidine groups is 1. The molecule has 1 aliphatic heterocycles. The lowest BCUT2D eigenvalue weighted by molar-refractivity contribution is 0.0507. The van der Waals surface area contributed by atoms with Crippen molar-refractivity contribution >= 4 is 47.6 Å². The van der Waals surface area contributed by atoms with Gasteiger partial charge in [0.1, 0.15) is 5.60 Å². The number of alkyl carbamates (subject to hydrolysis) is 1. The number of likely N-dealkylation sites (tertiary alicyclic amines) is 1. The predicted molar refractivity (Wildman–Crippen MR) is 116 cm³/mol. The van der Waals surface area contributed by atoms with Gasteiger partial charge in [-0.25, -0.2) is 4.79 Å². The van der Waals surface area contributed by atoms with E-state index in [9.17, 15) is 4.79 Å². The van der Waals surface area contributed by atoms with Crippen LogP contribution in [0.4, 0.5) is 4.79 Å². The second kappa shape index (κ2) is 10.2. The number of nitrogens with one attached hydrogen (secondary N) is 2. The monoisotopic (exact) mass is 494 g/mol. The molecule has 1 unspecified atom stereocenters. The van der Waals surface area contributed by atoms with Crippen LogP contribution in [-0.2, 0) is 11.3 Å². The molecular weight excluding hydrogens is 467 g/mol. The maximum Gasteiger partial charge on any atom is 0.407 e. The van der Waals surface area contributed by atoms with Crippen LogP contribution in [0.2, 0.25) is 5.02 Å². The van der Waals surface area contributed by atoms with Crippen molar-refractivity contribution in [2.75, 3.05) is 20.1 Å². The van der Waals surface area contributed by atoms with Crippen molar-refractivity contribution in [2.45, 2.75) is 45.4 Å². The molecule has 1 saturated heterocycles. The van der Waals surface area contributed by atoms with E-state index in [0.717, 1.165) is 29.5 Å². The van der Waals surface area contributed by atoms with Gasteiger partial charge < -0.3 is 20.3 Å². The van der Waals surface area contributed by atoms with Crippen LogP contribution < -0.4 is 10.6 Å². The van der Waals surface area contributed by atoms with Crippen molar-refractivity contribution in [3.63, 3.8) is 0 Å². The summed E-state index contributed by atoms with van der Waals surface area (Å²) in [5.41, 5.74) is 0.530. The van der Waals surface area contributed by atoms with Gasteiger partial charge in [0.05, 0.1) is 6.04 Å². The van der Waals surface area contributed by atoms with Gasteiger partial charge in [0, 0.05) is 31.7 Å². The SMILES string of the molecule is CN=C(NCc1ccccc1Cl)N1CCC(NC(=O)OC(C)(C)C)C1.I. The Bertz CT molecular complexity index is 634. The summed E-state index contributed by atoms with van der Waals surface area (Å²) in [6.07, 6.45) is 0.477. The summed E-state index contributed by atoms with van der Waals surface area (Å²) in [7, 11) is 1.75. The van der Waals surface area contributed by atoms with Gasteiger partial charge in [0.15, 0.2) is 5.96 Å². The van der Waals surface area contributed by atoms with Gasteiger partial charge in [-0.3, -0.25) is 4.99 Å². The van der Waals surface area contributed by atoms with E-state index in [0.29, 0.717) is 13.1 Å². The largest absolute Gasteiger partial charge is 0.444 e. The first-order chi connectivity index (χ1) is 11.8. The molecule has 2 N–H and O–H groups in total. The fraction of sp³-hybridized carbons (Fsp3) is 0.556. The van der Waals surface area contributed by atoms with Crippen LogP contribution in [0.1, 0.15) is 32.8 Å². The van der Waals surface area contributed by atoms with Gasteiger partial charge in [-0.2, -0.15) is 0 Å². The summed E-state index contributed by atoms with van der Waals surface area (Å²) in [5.74, 6) is 0.799. The van der Waals surface area contributed by atoms with E-state index in [1.54, 1.807) is 7.05 Å².